The van der Waals surface area contributed by atoms with Crippen molar-refractivity contribution in [2.75, 3.05) is 25.0 Å². The van der Waals surface area contributed by atoms with Gasteiger partial charge in [0.1, 0.15) is 6.10 Å². The number of nitrogens with zero attached hydrogens (tertiary/aromatic N) is 2. The van der Waals surface area contributed by atoms with Crippen LogP contribution in [0, 0.1) is 0 Å². The van der Waals surface area contributed by atoms with Crippen LogP contribution in [0.4, 0.5) is 18.9 Å². The molecule has 0 bridgehead atoms. The summed E-state index contributed by atoms with van der Waals surface area (Å²) in [7, 11) is 1.23. The molecule has 0 saturated carbocycles. The first kappa shape index (κ1) is 21.5. The number of halogens is 3. The zero-order valence-electron chi connectivity index (χ0n) is 15.9. The van der Waals surface area contributed by atoms with Gasteiger partial charge in [0.25, 0.3) is 0 Å². The Kier molecular flexibility index (Phi) is 6.77. The summed E-state index contributed by atoms with van der Waals surface area (Å²) in [5, 5.41) is 11.3. The molecule has 1 N–H and O–H groups in total. The van der Waals surface area contributed by atoms with E-state index in [1.807, 2.05) is 53.4 Å². The minimum absolute atomic E-state index is 0. The molecule has 0 aromatic heterocycles. The molecule has 2 aromatic rings. The van der Waals surface area contributed by atoms with Crippen molar-refractivity contribution in [2.24, 2.45) is 0 Å². The van der Waals surface area contributed by atoms with E-state index < -0.39 is 18.0 Å². The lowest BCUT2D eigenvalue weighted by atomic mass is 10.0. The second-order valence-corrected chi connectivity index (χ2v) is 7.10. The summed E-state index contributed by atoms with van der Waals surface area (Å²) in [6, 6.07) is 15.7. The molecule has 3 rings (SSSR count). The maximum atomic E-state index is 13.0. The van der Waals surface area contributed by atoms with E-state index >= 15 is 0 Å². The number of allylic oxidation sites excluding steroid dienone is 1. The minimum Gasteiger partial charge on any atom is -0.392 e. The molecule has 2 aromatic carbocycles. The molecule has 1 aliphatic rings. The summed E-state index contributed by atoms with van der Waals surface area (Å²) < 4.78 is 39.0. The predicted molar refractivity (Wildman–Crippen MR) is 113 cm³/mol. The molecule has 0 spiro atoms. The van der Waals surface area contributed by atoms with E-state index in [0.717, 1.165) is 27.4 Å². The fourth-order valence-corrected chi connectivity index (χ4v) is 3.79. The fraction of sp³-hybridized carbons (Fsp3) is 0.333. The molecule has 8 heteroatoms. The summed E-state index contributed by atoms with van der Waals surface area (Å²) in [4.78, 5) is 7.53. The smallest absolute Gasteiger partial charge is 0.392 e. The lowest BCUT2D eigenvalue weighted by Gasteiger charge is -2.27. The molecular weight excluding hydrogens is 401 g/mol. The topological polar surface area (TPSA) is 35.9 Å². The van der Waals surface area contributed by atoms with Crippen molar-refractivity contribution in [3.8, 4) is 11.1 Å². The van der Waals surface area contributed by atoms with Gasteiger partial charge in [-0.1, -0.05) is 36.4 Å². The van der Waals surface area contributed by atoms with Gasteiger partial charge in [-0.15, -0.1) is 12.6 Å². The highest BCUT2D eigenvalue weighted by atomic mass is 32.1. The first-order valence-electron chi connectivity index (χ1n) is 9.19. The van der Waals surface area contributed by atoms with E-state index in [-0.39, 0.29) is 8.03 Å². The molecule has 1 heterocycles. The predicted octanol–water partition coefficient (Wildman–Crippen LogP) is 4.87. The van der Waals surface area contributed by atoms with E-state index in [4.69, 9.17) is 4.84 Å². The van der Waals surface area contributed by atoms with E-state index in [9.17, 15) is 18.3 Å². The highest BCUT2D eigenvalue weighted by molar-refractivity contribution is 7.83. The highest BCUT2D eigenvalue weighted by Gasteiger charge is 2.38. The van der Waals surface area contributed by atoms with Crippen LogP contribution in [0.15, 0.2) is 59.6 Å². The Hall–Kier alpha value is -2.16. The number of anilines is 1. The number of rotatable bonds is 6. The number of thiol groups is 1. The Balaban J connectivity index is 0.00000320. The summed E-state index contributed by atoms with van der Waals surface area (Å²) >= 11 is 3.64. The zero-order chi connectivity index (χ0) is 21.0. The molecule has 4 nitrogen and oxygen atoms in total. The molecule has 1 fully saturated rings. The first-order valence-corrected chi connectivity index (χ1v) is 9.71. The number of aliphatic hydroxyl groups is 1. The average Bonchev–Trinajstić information content (AvgIpc) is 3.15. The molecular formula is C21H25F3N2O2S. The first-order chi connectivity index (χ1) is 13.8. The molecule has 0 radical (unpaired) electrons. The molecule has 1 saturated heterocycles. The van der Waals surface area contributed by atoms with Gasteiger partial charge in [0, 0.05) is 32.8 Å². The molecule has 0 unspecified atom stereocenters. The minimum atomic E-state index is -4.54. The monoisotopic (exact) mass is 426 g/mol. The number of alkyl halides is 3. The second-order valence-electron chi connectivity index (χ2n) is 6.84. The van der Waals surface area contributed by atoms with Gasteiger partial charge in [-0.05, 0) is 35.1 Å². The zero-order valence-corrected chi connectivity index (χ0v) is 16.8. The van der Waals surface area contributed by atoms with Crippen molar-refractivity contribution in [1.29, 1.82) is 0 Å². The SMILES string of the molecule is CN(O[C@H]1CCN(c2ccc(-c3ccccc3)cc2CO)C1)/C(=C\S)C(F)(F)F.[HH]. The molecule has 0 amide bonds. The van der Waals surface area contributed by atoms with Gasteiger partial charge in [-0.25, -0.2) is 0 Å². The molecule has 158 valence electrons. The molecule has 1 aliphatic heterocycles. The van der Waals surface area contributed by atoms with E-state index in [2.05, 4.69) is 12.6 Å². The van der Waals surface area contributed by atoms with Crippen LogP contribution in [0.3, 0.4) is 0 Å². The van der Waals surface area contributed by atoms with Gasteiger partial charge < -0.3 is 10.0 Å². The van der Waals surface area contributed by atoms with Gasteiger partial charge in [-0.2, -0.15) is 13.2 Å². The van der Waals surface area contributed by atoms with Crippen molar-refractivity contribution < 1.29 is 24.5 Å². The van der Waals surface area contributed by atoms with Gasteiger partial charge >= 0.3 is 6.18 Å². The van der Waals surface area contributed by atoms with Gasteiger partial charge in [-0.3, -0.25) is 9.90 Å². The Morgan fingerprint density at radius 1 is 1.28 bits per heavy atom. The third-order valence-electron chi connectivity index (χ3n) is 4.90. The van der Waals surface area contributed by atoms with E-state index in [0.29, 0.717) is 24.9 Å². The Morgan fingerprint density at radius 3 is 2.62 bits per heavy atom. The molecule has 0 aliphatic carbocycles. The van der Waals surface area contributed by atoms with Crippen LogP contribution in [0.25, 0.3) is 11.1 Å². The number of hydroxylamine groups is 2. The largest absolute Gasteiger partial charge is 0.433 e. The van der Waals surface area contributed by atoms with Crippen LogP contribution in [0.2, 0.25) is 0 Å². The van der Waals surface area contributed by atoms with Crippen molar-refractivity contribution in [2.45, 2.75) is 25.3 Å². The standard InChI is InChI=1S/C21H23F3N2O2S.H2/c1-25(20(14-29)21(22,23)24)28-18-9-10-26(12-18)19-8-7-16(11-17(19)13-27)15-5-3-2-4-6-15;/h2-8,11,14,18,27,29H,9-10,12-13H2,1H3;1H/b20-14-;/t18-;/m0./s1. The highest BCUT2D eigenvalue weighted by Crippen LogP contribution is 2.32. The third-order valence-corrected chi connectivity index (χ3v) is 5.15. The normalized spacial score (nSPS) is 17.7. The van der Waals surface area contributed by atoms with Crippen molar-refractivity contribution in [3.05, 3.63) is 65.2 Å². The Morgan fingerprint density at radius 2 is 2.00 bits per heavy atom. The Bertz CT molecular complexity index is 865. The molecule has 1 atom stereocenters. The third kappa shape index (κ3) is 5.07. The second kappa shape index (κ2) is 9.11. The van der Waals surface area contributed by atoms with E-state index in [1.54, 1.807) is 0 Å². The number of aliphatic hydroxyl groups excluding tert-OH is 1. The van der Waals surface area contributed by atoms with Crippen molar-refractivity contribution in [3.63, 3.8) is 0 Å². The fourth-order valence-electron chi connectivity index (χ4n) is 3.48. The summed E-state index contributed by atoms with van der Waals surface area (Å²) in [6.45, 7) is 0.931. The van der Waals surface area contributed by atoms with Crippen LogP contribution >= 0.6 is 12.6 Å². The van der Waals surface area contributed by atoms with E-state index in [1.165, 1.54) is 7.05 Å². The van der Waals surface area contributed by atoms with Gasteiger partial charge in [0.05, 0.1) is 6.61 Å². The summed E-state index contributed by atoms with van der Waals surface area (Å²) in [6.07, 6.45) is -4.36. The van der Waals surface area contributed by atoms with Gasteiger partial charge in [0.2, 0.25) is 0 Å². The average molecular weight is 427 g/mol. The lowest BCUT2D eigenvalue weighted by Crippen LogP contribution is -2.34. The van der Waals surface area contributed by atoms with Crippen LogP contribution in [0.5, 0.6) is 0 Å². The Labute approximate surface area is 175 Å². The van der Waals surface area contributed by atoms with Crippen LogP contribution < -0.4 is 4.90 Å². The van der Waals surface area contributed by atoms with Crippen molar-refractivity contribution in [1.82, 2.24) is 5.06 Å². The maximum Gasteiger partial charge on any atom is 0.433 e. The summed E-state index contributed by atoms with van der Waals surface area (Å²) in [5.74, 6) is 0. The molecule has 29 heavy (non-hydrogen) atoms. The van der Waals surface area contributed by atoms with Crippen LogP contribution in [-0.2, 0) is 11.4 Å². The van der Waals surface area contributed by atoms with Crippen LogP contribution in [0.1, 0.15) is 13.4 Å². The quantitative estimate of drug-likeness (QED) is 0.511. The van der Waals surface area contributed by atoms with Gasteiger partial charge in [0.15, 0.2) is 5.70 Å². The number of hydrogen-bond acceptors (Lipinski definition) is 5. The van der Waals surface area contributed by atoms with Crippen LogP contribution in [-0.4, -0.2) is 42.6 Å². The number of hydrogen-bond donors (Lipinski definition) is 2. The number of benzene rings is 2. The lowest BCUT2D eigenvalue weighted by molar-refractivity contribution is -0.202. The van der Waals surface area contributed by atoms with Crippen molar-refractivity contribution >= 4 is 18.3 Å². The maximum absolute atomic E-state index is 13.0. The summed E-state index contributed by atoms with van der Waals surface area (Å²) in [5.41, 5.74) is 2.73.